The molecule has 2 N–H and O–H groups in total. The Hall–Kier alpha value is -0.600. The van der Waals surface area contributed by atoms with Crippen molar-refractivity contribution in [3.8, 4) is 5.75 Å². The van der Waals surface area contributed by atoms with Gasteiger partial charge in [0.15, 0.2) is 0 Å². The molecule has 0 aliphatic heterocycles. The molecule has 18 heavy (non-hydrogen) atoms. The number of benzene rings is 1. The van der Waals surface area contributed by atoms with Gasteiger partial charge in [-0.15, -0.1) is 0 Å². The summed E-state index contributed by atoms with van der Waals surface area (Å²) in [5.74, 6) is 3.15. The van der Waals surface area contributed by atoms with Crippen LogP contribution in [-0.2, 0) is 0 Å². The van der Waals surface area contributed by atoms with Crippen LogP contribution in [0.4, 0.5) is 5.69 Å². The van der Waals surface area contributed by atoms with Crippen molar-refractivity contribution in [2.45, 2.75) is 25.7 Å². The smallest absolute Gasteiger partial charge is 0.143 e. The predicted molar refractivity (Wildman–Crippen MR) is 75.3 cm³/mol. The lowest BCUT2D eigenvalue weighted by Crippen LogP contribution is -2.18. The molecule has 1 aromatic rings. The third kappa shape index (κ3) is 2.28. The molecule has 2 saturated carbocycles. The van der Waals surface area contributed by atoms with Crippen molar-refractivity contribution in [1.82, 2.24) is 0 Å². The first kappa shape index (κ1) is 12.4. The van der Waals surface area contributed by atoms with Crippen LogP contribution in [0, 0.1) is 17.8 Å². The molecule has 2 aliphatic carbocycles. The molecule has 2 fully saturated rings. The number of nitrogens with two attached hydrogens (primary N) is 1. The molecule has 2 nitrogen and oxygen atoms in total. The van der Waals surface area contributed by atoms with E-state index in [0.717, 1.165) is 18.4 Å². The number of ether oxygens (including phenoxy) is 1. The van der Waals surface area contributed by atoms with E-state index in [9.17, 15) is 0 Å². The summed E-state index contributed by atoms with van der Waals surface area (Å²) < 4.78 is 5.84. The molecule has 0 amide bonds. The van der Waals surface area contributed by atoms with Crippen molar-refractivity contribution < 1.29 is 4.74 Å². The van der Waals surface area contributed by atoms with Gasteiger partial charge in [-0.25, -0.2) is 0 Å². The fraction of sp³-hybridized carbons (Fsp3) is 0.571. The fourth-order valence-corrected chi connectivity index (χ4v) is 3.77. The largest absolute Gasteiger partial charge is 0.491 e. The molecule has 4 heteroatoms. The molecule has 2 bridgehead atoms. The van der Waals surface area contributed by atoms with E-state index in [4.69, 9.17) is 33.7 Å². The minimum atomic E-state index is 0.474. The number of nitrogen functional groups attached to an aromatic ring is 1. The maximum absolute atomic E-state index is 5.98. The van der Waals surface area contributed by atoms with Gasteiger partial charge in [0.05, 0.1) is 22.3 Å². The summed E-state index contributed by atoms with van der Waals surface area (Å²) in [5, 5.41) is 0.968. The Bertz CT molecular complexity index is 463. The van der Waals surface area contributed by atoms with Crippen LogP contribution in [0.2, 0.25) is 10.0 Å². The molecule has 0 spiro atoms. The lowest BCUT2D eigenvalue weighted by molar-refractivity contribution is 0.196. The topological polar surface area (TPSA) is 35.2 Å². The van der Waals surface area contributed by atoms with E-state index >= 15 is 0 Å². The van der Waals surface area contributed by atoms with Crippen LogP contribution in [0.25, 0.3) is 0 Å². The van der Waals surface area contributed by atoms with Gasteiger partial charge in [0.2, 0.25) is 0 Å². The van der Waals surface area contributed by atoms with Crippen molar-refractivity contribution in [1.29, 1.82) is 0 Å². The Balaban J connectivity index is 1.65. The normalized spacial score (nSPS) is 29.8. The van der Waals surface area contributed by atoms with Gasteiger partial charge in [0, 0.05) is 6.07 Å². The molecule has 2 aliphatic rings. The maximum Gasteiger partial charge on any atom is 0.143 e. The first-order valence-electron chi connectivity index (χ1n) is 6.51. The zero-order valence-electron chi connectivity index (χ0n) is 10.2. The van der Waals surface area contributed by atoms with Gasteiger partial charge in [0.1, 0.15) is 5.75 Å². The molecule has 98 valence electrons. The van der Waals surface area contributed by atoms with Crippen molar-refractivity contribution in [3.63, 3.8) is 0 Å². The highest BCUT2D eigenvalue weighted by Gasteiger charge is 2.39. The fourth-order valence-electron chi connectivity index (χ4n) is 3.45. The van der Waals surface area contributed by atoms with E-state index in [-0.39, 0.29) is 0 Å². The Kier molecular flexibility index (Phi) is 3.33. The average Bonchev–Trinajstić information content (AvgIpc) is 2.94. The molecule has 0 aromatic heterocycles. The summed E-state index contributed by atoms with van der Waals surface area (Å²) in [6.45, 7) is 0.753. The summed E-state index contributed by atoms with van der Waals surface area (Å²) in [6, 6.07) is 3.37. The Morgan fingerprint density at radius 2 is 1.94 bits per heavy atom. The molecule has 3 atom stereocenters. The van der Waals surface area contributed by atoms with Gasteiger partial charge in [-0.1, -0.05) is 29.6 Å². The predicted octanol–water partition coefficient (Wildman–Crippen LogP) is 4.39. The van der Waals surface area contributed by atoms with E-state index in [1.54, 1.807) is 12.1 Å². The van der Waals surface area contributed by atoms with Gasteiger partial charge < -0.3 is 10.5 Å². The molecule has 0 heterocycles. The van der Waals surface area contributed by atoms with Crippen molar-refractivity contribution in [2.75, 3.05) is 12.3 Å². The Morgan fingerprint density at radius 1 is 1.17 bits per heavy atom. The van der Waals surface area contributed by atoms with Crippen molar-refractivity contribution >= 4 is 28.9 Å². The molecule has 1 aromatic carbocycles. The van der Waals surface area contributed by atoms with E-state index < -0.39 is 0 Å². The highest BCUT2D eigenvalue weighted by atomic mass is 35.5. The van der Waals surface area contributed by atoms with Crippen LogP contribution >= 0.6 is 23.2 Å². The quantitative estimate of drug-likeness (QED) is 0.836. The molecular weight excluding hydrogens is 269 g/mol. The maximum atomic E-state index is 5.98. The molecule has 0 saturated heterocycles. The zero-order valence-corrected chi connectivity index (χ0v) is 11.7. The highest BCUT2D eigenvalue weighted by Crippen LogP contribution is 2.48. The van der Waals surface area contributed by atoms with Crippen molar-refractivity contribution in [3.05, 3.63) is 22.2 Å². The SMILES string of the molecule is Nc1cc(Cl)c(Cl)cc1OCC1CC2CCC1C2. The monoisotopic (exact) mass is 285 g/mol. The molecule has 3 rings (SSSR count). The Morgan fingerprint density at radius 3 is 2.61 bits per heavy atom. The summed E-state index contributed by atoms with van der Waals surface area (Å²) in [4.78, 5) is 0. The van der Waals surface area contributed by atoms with E-state index in [1.807, 2.05) is 0 Å². The average molecular weight is 286 g/mol. The van der Waals surface area contributed by atoms with E-state index in [2.05, 4.69) is 0 Å². The van der Waals surface area contributed by atoms with Gasteiger partial charge in [-0.05, 0) is 43.1 Å². The number of hydrogen-bond acceptors (Lipinski definition) is 2. The zero-order chi connectivity index (χ0) is 12.7. The number of halogens is 2. The summed E-state index contributed by atoms with van der Waals surface area (Å²) in [7, 11) is 0. The van der Waals surface area contributed by atoms with E-state index in [0.29, 0.717) is 27.4 Å². The van der Waals surface area contributed by atoms with Crippen LogP contribution in [0.3, 0.4) is 0 Å². The standard InChI is InChI=1S/C14H17Cl2NO/c15-11-5-13(17)14(6-12(11)16)18-7-10-4-8-1-2-9(10)3-8/h5-6,8-10H,1-4,7,17H2. The van der Waals surface area contributed by atoms with Crippen LogP contribution in [-0.4, -0.2) is 6.61 Å². The Labute approximate surface area is 117 Å². The minimum Gasteiger partial charge on any atom is -0.491 e. The summed E-state index contributed by atoms with van der Waals surface area (Å²) in [5.41, 5.74) is 6.45. The number of fused-ring (bicyclic) bond motifs is 2. The van der Waals surface area contributed by atoms with Crippen LogP contribution in [0.5, 0.6) is 5.75 Å². The minimum absolute atomic E-state index is 0.474. The third-order valence-electron chi connectivity index (χ3n) is 4.39. The van der Waals surface area contributed by atoms with Crippen LogP contribution < -0.4 is 10.5 Å². The third-order valence-corrected chi connectivity index (χ3v) is 5.11. The number of hydrogen-bond donors (Lipinski definition) is 1. The van der Waals surface area contributed by atoms with Gasteiger partial charge in [0.25, 0.3) is 0 Å². The molecule has 3 unspecified atom stereocenters. The summed E-state index contributed by atoms with van der Waals surface area (Å²) >= 11 is 11.9. The van der Waals surface area contributed by atoms with Gasteiger partial charge in [-0.3, -0.25) is 0 Å². The summed E-state index contributed by atoms with van der Waals surface area (Å²) in [6.07, 6.45) is 5.49. The van der Waals surface area contributed by atoms with Gasteiger partial charge >= 0.3 is 0 Å². The lowest BCUT2D eigenvalue weighted by atomic mass is 9.89. The van der Waals surface area contributed by atoms with Crippen LogP contribution in [0.1, 0.15) is 25.7 Å². The lowest BCUT2D eigenvalue weighted by Gasteiger charge is -2.22. The molecular formula is C14H17Cl2NO. The van der Waals surface area contributed by atoms with Crippen molar-refractivity contribution in [2.24, 2.45) is 17.8 Å². The second-order valence-corrected chi connectivity index (χ2v) is 6.36. The second-order valence-electron chi connectivity index (χ2n) is 5.55. The van der Waals surface area contributed by atoms with Gasteiger partial charge in [-0.2, -0.15) is 0 Å². The first-order chi connectivity index (χ1) is 8.63. The number of anilines is 1. The van der Waals surface area contributed by atoms with Crippen LogP contribution in [0.15, 0.2) is 12.1 Å². The van der Waals surface area contributed by atoms with E-state index in [1.165, 1.54) is 25.7 Å². The second kappa shape index (κ2) is 4.82. The number of rotatable bonds is 3. The highest BCUT2D eigenvalue weighted by molar-refractivity contribution is 6.42. The first-order valence-corrected chi connectivity index (χ1v) is 7.26. The molecule has 0 radical (unpaired) electrons.